The van der Waals surface area contributed by atoms with Gasteiger partial charge in [0, 0.05) is 16.9 Å². The van der Waals surface area contributed by atoms with E-state index in [0.29, 0.717) is 0 Å². The quantitative estimate of drug-likeness (QED) is 0.139. The van der Waals surface area contributed by atoms with Crippen LogP contribution in [0, 0.1) is 0 Å². The SMILES string of the molecule is c1ccc(-c2ccc(-c3ccccc3N(c3ccc(-c4ccc5ccccc5c4-c4ccccc4)cc3)c3cccc(-c4ccc5c(ccc6ccccc65)c4)c3)cc2)cc1. The Balaban J connectivity index is 1.05. The molecule has 0 saturated carbocycles. The molecule has 0 aliphatic heterocycles. The fraction of sp³-hybridized carbons (Fsp3) is 0. The topological polar surface area (TPSA) is 3.24 Å². The molecule has 61 heavy (non-hydrogen) atoms. The fourth-order valence-electron chi connectivity index (χ4n) is 9.05. The highest BCUT2D eigenvalue weighted by atomic mass is 15.1. The minimum Gasteiger partial charge on any atom is -0.310 e. The molecule has 0 aliphatic rings. The molecular weight excluding hydrogens is 735 g/mol. The summed E-state index contributed by atoms with van der Waals surface area (Å²) < 4.78 is 0. The number of hydrogen-bond acceptors (Lipinski definition) is 1. The summed E-state index contributed by atoms with van der Waals surface area (Å²) in [5.41, 5.74) is 15.2. The van der Waals surface area contributed by atoms with Crippen molar-refractivity contribution in [1.82, 2.24) is 0 Å². The summed E-state index contributed by atoms with van der Waals surface area (Å²) in [5.74, 6) is 0. The Morgan fingerprint density at radius 3 is 1.52 bits per heavy atom. The van der Waals surface area contributed by atoms with Gasteiger partial charge in [-0.15, -0.1) is 0 Å². The van der Waals surface area contributed by atoms with Gasteiger partial charge in [-0.3, -0.25) is 0 Å². The zero-order valence-electron chi connectivity index (χ0n) is 33.6. The molecule has 0 amide bonds. The highest BCUT2D eigenvalue weighted by molar-refractivity contribution is 6.08. The highest BCUT2D eigenvalue weighted by Crippen LogP contribution is 2.44. The summed E-state index contributed by atoms with van der Waals surface area (Å²) in [5, 5.41) is 7.54. The third-order valence-corrected chi connectivity index (χ3v) is 12.1. The second-order valence-electron chi connectivity index (χ2n) is 15.7. The van der Waals surface area contributed by atoms with Crippen molar-refractivity contribution in [2.45, 2.75) is 0 Å². The number of benzene rings is 11. The first kappa shape index (κ1) is 36.1. The van der Waals surface area contributed by atoms with Crippen LogP contribution >= 0.6 is 0 Å². The Morgan fingerprint density at radius 2 is 0.738 bits per heavy atom. The molecule has 11 aromatic carbocycles. The predicted octanol–water partition coefficient (Wildman–Crippen LogP) is 17.0. The maximum Gasteiger partial charge on any atom is 0.0540 e. The molecule has 1 nitrogen and oxygen atoms in total. The summed E-state index contributed by atoms with van der Waals surface area (Å²) in [4.78, 5) is 2.42. The monoisotopic (exact) mass is 775 g/mol. The van der Waals surface area contributed by atoms with E-state index in [1.54, 1.807) is 0 Å². The first-order chi connectivity index (χ1) is 30.2. The molecule has 0 N–H and O–H groups in total. The molecule has 0 aliphatic carbocycles. The lowest BCUT2D eigenvalue weighted by atomic mass is 9.89. The van der Waals surface area contributed by atoms with Gasteiger partial charge in [-0.1, -0.05) is 212 Å². The summed E-state index contributed by atoms with van der Waals surface area (Å²) >= 11 is 0. The number of fused-ring (bicyclic) bond motifs is 4. The van der Waals surface area contributed by atoms with Crippen LogP contribution < -0.4 is 4.90 Å². The fourth-order valence-corrected chi connectivity index (χ4v) is 9.05. The molecule has 0 heterocycles. The lowest BCUT2D eigenvalue weighted by Crippen LogP contribution is -2.11. The van der Waals surface area contributed by atoms with Crippen LogP contribution in [0.25, 0.3) is 88.0 Å². The summed E-state index contributed by atoms with van der Waals surface area (Å²) in [6, 6.07) is 90.5. The number of nitrogens with zero attached hydrogens (tertiary/aromatic N) is 1. The molecule has 0 atom stereocenters. The molecule has 0 spiro atoms. The van der Waals surface area contributed by atoms with Crippen LogP contribution in [-0.4, -0.2) is 0 Å². The van der Waals surface area contributed by atoms with Crippen LogP contribution in [0.1, 0.15) is 0 Å². The van der Waals surface area contributed by atoms with E-state index in [2.05, 4.69) is 254 Å². The van der Waals surface area contributed by atoms with Crippen LogP contribution in [-0.2, 0) is 0 Å². The van der Waals surface area contributed by atoms with Crippen LogP contribution in [0.5, 0.6) is 0 Å². The molecule has 1 heteroatoms. The molecule has 286 valence electrons. The molecule has 0 bridgehead atoms. The van der Waals surface area contributed by atoms with Gasteiger partial charge in [0.1, 0.15) is 0 Å². The predicted molar refractivity (Wildman–Crippen MR) is 261 cm³/mol. The molecule has 0 aromatic heterocycles. The average molecular weight is 776 g/mol. The third-order valence-electron chi connectivity index (χ3n) is 12.1. The van der Waals surface area contributed by atoms with Gasteiger partial charge in [-0.05, 0) is 119 Å². The van der Waals surface area contributed by atoms with Gasteiger partial charge in [-0.2, -0.15) is 0 Å². The zero-order valence-corrected chi connectivity index (χ0v) is 33.6. The maximum atomic E-state index is 2.42. The van der Waals surface area contributed by atoms with Crippen molar-refractivity contribution in [3.63, 3.8) is 0 Å². The lowest BCUT2D eigenvalue weighted by Gasteiger charge is -2.28. The average Bonchev–Trinajstić information content (AvgIpc) is 3.34. The van der Waals surface area contributed by atoms with E-state index in [1.165, 1.54) is 82.4 Å². The maximum absolute atomic E-state index is 2.42. The zero-order chi connectivity index (χ0) is 40.5. The Kier molecular flexibility index (Phi) is 9.26. The Morgan fingerprint density at radius 1 is 0.230 bits per heavy atom. The third kappa shape index (κ3) is 6.83. The first-order valence-corrected chi connectivity index (χ1v) is 21.0. The number of para-hydroxylation sites is 1. The van der Waals surface area contributed by atoms with Crippen LogP contribution in [0.15, 0.2) is 249 Å². The summed E-state index contributed by atoms with van der Waals surface area (Å²) in [6.07, 6.45) is 0. The van der Waals surface area contributed by atoms with Crippen LogP contribution in [0.2, 0.25) is 0 Å². The van der Waals surface area contributed by atoms with Gasteiger partial charge in [0.05, 0.1) is 5.69 Å². The largest absolute Gasteiger partial charge is 0.310 e. The van der Waals surface area contributed by atoms with Crippen molar-refractivity contribution in [2.24, 2.45) is 0 Å². The van der Waals surface area contributed by atoms with Gasteiger partial charge in [0.2, 0.25) is 0 Å². The Hall–Kier alpha value is -8.00. The van der Waals surface area contributed by atoms with Crippen molar-refractivity contribution in [3.8, 4) is 55.6 Å². The minimum absolute atomic E-state index is 1.08. The minimum atomic E-state index is 1.08. The lowest BCUT2D eigenvalue weighted by molar-refractivity contribution is 1.28. The summed E-state index contributed by atoms with van der Waals surface area (Å²) in [7, 11) is 0. The number of anilines is 3. The second kappa shape index (κ2) is 15.6. The van der Waals surface area contributed by atoms with Crippen molar-refractivity contribution < 1.29 is 0 Å². The van der Waals surface area contributed by atoms with Crippen molar-refractivity contribution in [3.05, 3.63) is 249 Å². The normalized spacial score (nSPS) is 11.3. The second-order valence-corrected chi connectivity index (χ2v) is 15.7. The number of rotatable bonds is 8. The number of hydrogen-bond donors (Lipinski definition) is 0. The van der Waals surface area contributed by atoms with Crippen LogP contribution in [0.3, 0.4) is 0 Å². The van der Waals surface area contributed by atoms with E-state index < -0.39 is 0 Å². The Bertz CT molecular complexity index is 3330. The molecule has 11 aromatic rings. The van der Waals surface area contributed by atoms with Gasteiger partial charge in [0.25, 0.3) is 0 Å². The molecule has 0 fully saturated rings. The van der Waals surface area contributed by atoms with E-state index in [4.69, 9.17) is 0 Å². The molecule has 0 saturated heterocycles. The Labute approximate surface area is 357 Å². The van der Waals surface area contributed by atoms with Gasteiger partial charge < -0.3 is 4.90 Å². The molecular formula is C60H41N. The standard InChI is InChI=1S/C60H41N/c1-3-14-42(15-4-1)43-26-28-46(29-27-43)56-23-11-12-25-59(56)61(53-21-13-20-49(41-53)50-35-38-55-51(40-50)31-30-44-16-7-9-22-54(44)55)52-36-32-47(33-37-52)58-39-34-45-17-8-10-24-57(45)60(58)48-18-5-2-6-19-48/h1-41H. The van der Waals surface area contributed by atoms with E-state index >= 15 is 0 Å². The van der Waals surface area contributed by atoms with Gasteiger partial charge >= 0.3 is 0 Å². The first-order valence-electron chi connectivity index (χ1n) is 21.0. The van der Waals surface area contributed by atoms with Crippen LogP contribution in [0.4, 0.5) is 17.1 Å². The van der Waals surface area contributed by atoms with E-state index in [0.717, 1.165) is 22.6 Å². The van der Waals surface area contributed by atoms with E-state index in [-0.39, 0.29) is 0 Å². The highest BCUT2D eigenvalue weighted by Gasteiger charge is 2.19. The van der Waals surface area contributed by atoms with Gasteiger partial charge in [0.15, 0.2) is 0 Å². The molecule has 11 rings (SSSR count). The summed E-state index contributed by atoms with van der Waals surface area (Å²) in [6.45, 7) is 0. The van der Waals surface area contributed by atoms with Crippen molar-refractivity contribution in [2.75, 3.05) is 4.90 Å². The van der Waals surface area contributed by atoms with Crippen molar-refractivity contribution in [1.29, 1.82) is 0 Å². The van der Waals surface area contributed by atoms with Gasteiger partial charge in [-0.25, -0.2) is 0 Å². The molecule has 0 unspecified atom stereocenters. The van der Waals surface area contributed by atoms with E-state index in [1.807, 2.05) is 0 Å². The van der Waals surface area contributed by atoms with E-state index in [9.17, 15) is 0 Å². The van der Waals surface area contributed by atoms with Crippen molar-refractivity contribution >= 4 is 49.4 Å². The molecule has 0 radical (unpaired) electrons. The smallest absolute Gasteiger partial charge is 0.0540 e.